The summed E-state index contributed by atoms with van der Waals surface area (Å²) in [6.45, 7) is 2.26. The number of aromatic nitrogens is 1. The largest absolute Gasteiger partial charge is 0.344 e. The van der Waals surface area contributed by atoms with E-state index in [1.165, 1.54) is 54.0 Å². The number of nitrogens with zero attached hydrogens (tertiary/aromatic N) is 1. The van der Waals surface area contributed by atoms with Crippen molar-refractivity contribution >= 4 is 53.3 Å². The van der Waals surface area contributed by atoms with Gasteiger partial charge in [0.15, 0.2) is 0 Å². The lowest BCUT2D eigenvalue weighted by Gasteiger charge is -2.01. The Labute approximate surface area is 145 Å². The predicted octanol–water partition coefficient (Wildman–Crippen LogP) is 6.65. The molecule has 0 spiro atoms. The molecule has 2 heterocycles. The average molecular weight is 329 g/mol. The molecule has 5 rings (SSSR count). The second-order valence-corrected chi connectivity index (χ2v) is 7.61. The fourth-order valence-corrected chi connectivity index (χ4v) is 5.31. The number of aryl methyl sites for hydroxylation is 2. The lowest BCUT2D eigenvalue weighted by atomic mass is 10.0. The van der Waals surface area contributed by atoms with Crippen molar-refractivity contribution in [3.63, 3.8) is 0 Å². The first kappa shape index (κ1) is 14.1. The smallest absolute Gasteiger partial charge is 0.0496 e. The summed E-state index contributed by atoms with van der Waals surface area (Å²) in [7, 11) is 2.17. The molecule has 118 valence electrons. The van der Waals surface area contributed by atoms with Crippen LogP contribution in [0, 0.1) is 0 Å². The maximum atomic E-state index is 2.32. The van der Waals surface area contributed by atoms with Gasteiger partial charge in [0, 0.05) is 49.0 Å². The van der Waals surface area contributed by atoms with Crippen molar-refractivity contribution in [3.8, 4) is 0 Å². The number of benzene rings is 3. The van der Waals surface area contributed by atoms with Crippen molar-refractivity contribution < 1.29 is 0 Å². The zero-order valence-electron chi connectivity index (χ0n) is 14.0. The van der Waals surface area contributed by atoms with Gasteiger partial charge in [-0.05, 0) is 30.2 Å². The highest BCUT2D eigenvalue weighted by Gasteiger charge is 2.16. The molecular formula is C22H19NS. The van der Waals surface area contributed by atoms with E-state index in [1.54, 1.807) is 0 Å². The highest BCUT2D eigenvalue weighted by atomic mass is 32.1. The molecule has 0 fully saturated rings. The molecule has 0 radical (unpaired) electrons. The molecule has 0 atom stereocenters. The quantitative estimate of drug-likeness (QED) is 0.341. The summed E-state index contributed by atoms with van der Waals surface area (Å²) in [4.78, 5) is 0. The van der Waals surface area contributed by atoms with E-state index in [9.17, 15) is 0 Å². The zero-order valence-corrected chi connectivity index (χ0v) is 14.8. The Morgan fingerprint density at radius 3 is 2.54 bits per heavy atom. The Bertz CT molecular complexity index is 1220. The third-order valence-electron chi connectivity index (χ3n) is 5.14. The monoisotopic (exact) mass is 329 g/mol. The molecule has 2 aromatic heterocycles. The van der Waals surface area contributed by atoms with Gasteiger partial charge in [-0.25, -0.2) is 0 Å². The van der Waals surface area contributed by atoms with Crippen molar-refractivity contribution in [1.29, 1.82) is 0 Å². The van der Waals surface area contributed by atoms with Crippen LogP contribution in [0.5, 0.6) is 0 Å². The minimum atomic E-state index is 1.16. The van der Waals surface area contributed by atoms with Crippen molar-refractivity contribution in [3.05, 3.63) is 60.2 Å². The highest BCUT2D eigenvalue weighted by molar-refractivity contribution is 7.26. The van der Waals surface area contributed by atoms with E-state index in [-0.39, 0.29) is 0 Å². The van der Waals surface area contributed by atoms with Gasteiger partial charge in [0.2, 0.25) is 0 Å². The Morgan fingerprint density at radius 2 is 1.67 bits per heavy atom. The van der Waals surface area contributed by atoms with Gasteiger partial charge in [-0.15, -0.1) is 11.3 Å². The van der Waals surface area contributed by atoms with Crippen LogP contribution < -0.4 is 0 Å². The Balaban J connectivity index is 2.06. The van der Waals surface area contributed by atoms with Crippen molar-refractivity contribution in [2.45, 2.75) is 19.8 Å². The third kappa shape index (κ3) is 1.75. The van der Waals surface area contributed by atoms with Gasteiger partial charge in [-0.1, -0.05) is 49.7 Å². The van der Waals surface area contributed by atoms with E-state index in [0.717, 1.165) is 6.42 Å². The Morgan fingerprint density at radius 1 is 0.833 bits per heavy atom. The molecule has 0 N–H and O–H groups in total. The van der Waals surface area contributed by atoms with Gasteiger partial charge in [0.25, 0.3) is 0 Å². The summed E-state index contributed by atoms with van der Waals surface area (Å²) in [5, 5.41) is 5.62. The molecule has 1 nitrogen and oxygen atoms in total. The van der Waals surface area contributed by atoms with E-state index in [2.05, 4.69) is 73.1 Å². The highest BCUT2D eigenvalue weighted by Crippen LogP contribution is 2.43. The Hall–Kier alpha value is -2.32. The molecule has 0 amide bonds. The minimum Gasteiger partial charge on any atom is -0.344 e. The molecule has 0 bridgehead atoms. The second kappa shape index (κ2) is 5.09. The summed E-state index contributed by atoms with van der Waals surface area (Å²) in [5.41, 5.74) is 4.12. The SMILES string of the molecule is CCCc1cccc2c1sc1ccc3c(c4ccccc4n3C)c12. The van der Waals surface area contributed by atoms with Crippen LogP contribution in [0.25, 0.3) is 42.0 Å². The first-order valence-electron chi connectivity index (χ1n) is 8.60. The number of para-hydroxylation sites is 1. The lowest BCUT2D eigenvalue weighted by Crippen LogP contribution is -1.85. The molecule has 0 saturated heterocycles. The minimum absolute atomic E-state index is 1.16. The molecule has 5 aromatic rings. The predicted molar refractivity (Wildman–Crippen MR) is 107 cm³/mol. The molecule has 0 saturated carbocycles. The molecule has 0 aliphatic heterocycles. The van der Waals surface area contributed by atoms with Crippen molar-refractivity contribution in [2.75, 3.05) is 0 Å². The van der Waals surface area contributed by atoms with Crippen LogP contribution in [0.3, 0.4) is 0 Å². The van der Waals surface area contributed by atoms with Gasteiger partial charge in [-0.2, -0.15) is 0 Å². The van der Waals surface area contributed by atoms with Crippen LogP contribution in [-0.2, 0) is 13.5 Å². The first-order chi connectivity index (χ1) is 11.8. The lowest BCUT2D eigenvalue weighted by molar-refractivity contribution is 0.931. The second-order valence-electron chi connectivity index (χ2n) is 6.55. The van der Waals surface area contributed by atoms with E-state index in [0.29, 0.717) is 0 Å². The summed E-state index contributed by atoms with van der Waals surface area (Å²) in [6.07, 6.45) is 2.35. The Kier molecular flexibility index (Phi) is 2.98. The summed E-state index contributed by atoms with van der Waals surface area (Å²) in [6, 6.07) is 20.2. The standard InChI is InChI=1S/C22H19NS/c1-3-7-14-8-6-10-16-21-19(24-22(14)16)13-12-18-20(21)15-9-4-5-11-17(15)23(18)2/h4-6,8-13H,3,7H2,1-2H3. The normalized spacial score (nSPS) is 12.1. The fourth-order valence-electron chi connectivity index (χ4n) is 4.06. The van der Waals surface area contributed by atoms with Crippen LogP contribution in [0.15, 0.2) is 54.6 Å². The summed E-state index contributed by atoms with van der Waals surface area (Å²) < 4.78 is 5.19. The van der Waals surface area contributed by atoms with E-state index < -0.39 is 0 Å². The van der Waals surface area contributed by atoms with E-state index >= 15 is 0 Å². The summed E-state index contributed by atoms with van der Waals surface area (Å²) in [5.74, 6) is 0. The molecule has 24 heavy (non-hydrogen) atoms. The van der Waals surface area contributed by atoms with Crippen LogP contribution >= 0.6 is 11.3 Å². The van der Waals surface area contributed by atoms with E-state index in [4.69, 9.17) is 0 Å². The number of thiophene rings is 1. The zero-order chi connectivity index (χ0) is 16.3. The maximum absolute atomic E-state index is 2.32. The van der Waals surface area contributed by atoms with Crippen LogP contribution in [0.1, 0.15) is 18.9 Å². The number of rotatable bonds is 2. The van der Waals surface area contributed by atoms with Gasteiger partial charge in [0.05, 0.1) is 0 Å². The molecule has 0 unspecified atom stereocenters. The topological polar surface area (TPSA) is 4.93 Å². The third-order valence-corrected chi connectivity index (χ3v) is 6.38. The van der Waals surface area contributed by atoms with Gasteiger partial charge >= 0.3 is 0 Å². The van der Waals surface area contributed by atoms with Gasteiger partial charge < -0.3 is 4.57 Å². The summed E-state index contributed by atoms with van der Waals surface area (Å²) >= 11 is 1.95. The number of hydrogen-bond acceptors (Lipinski definition) is 1. The molecule has 2 heteroatoms. The van der Waals surface area contributed by atoms with E-state index in [1.807, 2.05) is 11.3 Å². The van der Waals surface area contributed by atoms with Gasteiger partial charge in [-0.3, -0.25) is 0 Å². The van der Waals surface area contributed by atoms with Crippen molar-refractivity contribution in [1.82, 2.24) is 4.57 Å². The molecule has 0 aliphatic rings. The van der Waals surface area contributed by atoms with Crippen LogP contribution in [-0.4, -0.2) is 4.57 Å². The molecule has 3 aromatic carbocycles. The molecular weight excluding hydrogens is 310 g/mol. The fraction of sp³-hybridized carbons (Fsp3) is 0.182. The number of hydrogen-bond donors (Lipinski definition) is 0. The number of fused-ring (bicyclic) bond motifs is 7. The van der Waals surface area contributed by atoms with Gasteiger partial charge in [0.1, 0.15) is 0 Å². The van der Waals surface area contributed by atoms with Crippen LogP contribution in [0.4, 0.5) is 0 Å². The maximum Gasteiger partial charge on any atom is 0.0496 e. The van der Waals surface area contributed by atoms with Crippen molar-refractivity contribution in [2.24, 2.45) is 7.05 Å². The molecule has 0 aliphatic carbocycles. The average Bonchev–Trinajstić information content (AvgIpc) is 3.13. The van der Waals surface area contributed by atoms with Crippen LogP contribution in [0.2, 0.25) is 0 Å². The first-order valence-corrected chi connectivity index (χ1v) is 9.41.